The van der Waals surface area contributed by atoms with Gasteiger partial charge in [-0.3, -0.25) is 9.69 Å². The summed E-state index contributed by atoms with van der Waals surface area (Å²) >= 11 is 0. The van der Waals surface area contributed by atoms with E-state index in [9.17, 15) is 9.90 Å². The van der Waals surface area contributed by atoms with Crippen LogP contribution in [0.1, 0.15) is 136 Å². The molecule has 4 rings (SSSR count). The second-order valence-corrected chi connectivity index (χ2v) is 13.1. The van der Waals surface area contributed by atoms with E-state index >= 15 is 0 Å². The van der Waals surface area contributed by atoms with Crippen molar-refractivity contribution in [2.45, 2.75) is 131 Å². The first-order chi connectivity index (χ1) is 22.4. The Labute approximate surface area is 282 Å². The number of carboxylic acids is 1. The summed E-state index contributed by atoms with van der Waals surface area (Å²) in [6, 6.07) is 21.0. The summed E-state index contributed by atoms with van der Waals surface area (Å²) < 4.78 is 0. The third-order valence-electron chi connectivity index (χ3n) is 9.93. The molecule has 0 radical (unpaired) electrons. The molecule has 1 heterocycles. The Balaban J connectivity index is 0.000000304. The minimum absolute atomic E-state index is 0.265. The first-order valence-electron chi connectivity index (χ1n) is 18.6. The smallest absolute Gasteiger partial charge is 0.321 e. The quantitative estimate of drug-likeness (QED) is 0.206. The average molecular weight is 631 g/mol. The summed E-state index contributed by atoms with van der Waals surface area (Å²) in [5, 5.41) is 13.2. The lowest BCUT2D eigenvalue weighted by Crippen LogP contribution is -2.45. The molecule has 1 aliphatic carbocycles. The maximum atomic E-state index is 11.8. The van der Waals surface area contributed by atoms with Crippen LogP contribution in [0.15, 0.2) is 79.1 Å². The van der Waals surface area contributed by atoms with Gasteiger partial charge in [0, 0.05) is 18.4 Å². The highest BCUT2D eigenvalue weighted by Gasteiger charge is 2.38. The van der Waals surface area contributed by atoms with Crippen LogP contribution in [0.3, 0.4) is 0 Å². The Kier molecular flexibility index (Phi) is 19.4. The number of likely N-dealkylation sites (tertiary alicyclic amines) is 1. The minimum atomic E-state index is -0.615. The summed E-state index contributed by atoms with van der Waals surface area (Å²) in [7, 11) is 0. The van der Waals surface area contributed by atoms with Gasteiger partial charge in [-0.15, -0.1) is 0 Å². The molecule has 1 saturated heterocycles. The van der Waals surface area contributed by atoms with Gasteiger partial charge in [-0.1, -0.05) is 147 Å². The number of nitrogens with one attached hydrogen (secondary N) is 1. The first kappa shape index (κ1) is 39.3. The molecule has 3 unspecified atom stereocenters. The van der Waals surface area contributed by atoms with Crippen LogP contribution in [0, 0.1) is 17.8 Å². The van der Waals surface area contributed by atoms with E-state index in [4.69, 9.17) is 0 Å². The maximum absolute atomic E-state index is 11.8. The van der Waals surface area contributed by atoms with E-state index in [0.717, 1.165) is 38.8 Å². The zero-order valence-corrected chi connectivity index (χ0v) is 30.1. The van der Waals surface area contributed by atoms with Crippen LogP contribution in [0.4, 0.5) is 0 Å². The number of carbonyl (C=O) groups is 1. The molecule has 2 N–H and O–H groups in total. The van der Waals surface area contributed by atoms with E-state index in [1.165, 1.54) is 73.8 Å². The van der Waals surface area contributed by atoms with E-state index in [1.807, 2.05) is 19.9 Å². The highest BCUT2D eigenvalue weighted by atomic mass is 16.4. The number of hydrogen-bond acceptors (Lipinski definition) is 3. The van der Waals surface area contributed by atoms with Crippen molar-refractivity contribution in [1.82, 2.24) is 10.2 Å². The Morgan fingerprint density at radius 1 is 0.935 bits per heavy atom. The second kappa shape index (κ2) is 22.6. The number of aliphatic carboxylic acids is 1. The molecule has 1 aliphatic heterocycles. The third-order valence-corrected chi connectivity index (χ3v) is 9.93. The number of allylic oxidation sites excluding steroid dienone is 2. The van der Waals surface area contributed by atoms with Crippen molar-refractivity contribution in [1.29, 1.82) is 0 Å². The van der Waals surface area contributed by atoms with E-state index in [2.05, 4.69) is 105 Å². The number of benzene rings is 2. The van der Waals surface area contributed by atoms with E-state index in [0.29, 0.717) is 23.7 Å². The normalized spacial score (nSPS) is 19.1. The van der Waals surface area contributed by atoms with Crippen molar-refractivity contribution in [3.63, 3.8) is 0 Å². The van der Waals surface area contributed by atoms with Crippen molar-refractivity contribution in [3.8, 4) is 0 Å². The topological polar surface area (TPSA) is 52.6 Å². The molecule has 46 heavy (non-hydrogen) atoms. The van der Waals surface area contributed by atoms with Crippen molar-refractivity contribution in [2.75, 3.05) is 13.1 Å². The standard InChI is InChI=1S/C22H35N.C18H25NO2.C2H6/c1-6-9-14-20(13-7-2)19(5)23-17-22(18(4)8-3)21-15-11-10-12-16-21;20-18(21)17(15-9-5-2-6-10-15)19-12-11-16(13-19)14-7-3-1-4-8-14;1-2/h10-12,15-18,20,23H,5-9,13-14H2,1-4H3;1,3-4,7-8,15-17H,2,5-6,9-13H2,(H,20,21);1-2H3/b22-17+;;/t;16-,17?;/m.1./s1. The predicted molar refractivity (Wildman–Crippen MR) is 199 cm³/mol. The van der Waals surface area contributed by atoms with Gasteiger partial charge in [0.1, 0.15) is 6.04 Å². The van der Waals surface area contributed by atoms with E-state index in [-0.39, 0.29) is 6.04 Å². The minimum Gasteiger partial charge on any atom is -0.480 e. The zero-order chi connectivity index (χ0) is 33.7. The predicted octanol–water partition coefficient (Wildman–Crippen LogP) is 11.3. The van der Waals surface area contributed by atoms with Crippen LogP contribution in [0.25, 0.3) is 5.57 Å². The van der Waals surface area contributed by atoms with Crippen LogP contribution in [-0.4, -0.2) is 35.1 Å². The van der Waals surface area contributed by atoms with Crippen LogP contribution in [-0.2, 0) is 4.79 Å². The average Bonchev–Trinajstić information content (AvgIpc) is 3.58. The molecule has 4 heteroatoms. The molecule has 0 spiro atoms. The molecule has 0 aromatic heterocycles. The fourth-order valence-corrected chi connectivity index (χ4v) is 7.08. The maximum Gasteiger partial charge on any atom is 0.321 e. The van der Waals surface area contributed by atoms with Crippen molar-refractivity contribution >= 4 is 11.5 Å². The van der Waals surface area contributed by atoms with Gasteiger partial charge < -0.3 is 10.4 Å². The number of unbranched alkanes of at least 4 members (excludes halogenated alkanes) is 1. The molecule has 4 nitrogen and oxygen atoms in total. The highest BCUT2D eigenvalue weighted by molar-refractivity contribution is 5.74. The summed E-state index contributed by atoms with van der Waals surface area (Å²) in [5.41, 5.74) is 5.22. The lowest BCUT2D eigenvalue weighted by molar-refractivity contribution is -0.145. The zero-order valence-electron chi connectivity index (χ0n) is 30.1. The van der Waals surface area contributed by atoms with Crippen molar-refractivity contribution < 1.29 is 9.90 Å². The Morgan fingerprint density at radius 2 is 1.57 bits per heavy atom. The molecular weight excluding hydrogens is 564 g/mol. The van der Waals surface area contributed by atoms with Gasteiger partial charge in [0.25, 0.3) is 0 Å². The van der Waals surface area contributed by atoms with E-state index < -0.39 is 5.97 Å². The lowest BCUT2D eigenvalue weighted by Gasteiger charge is -2.33. The third kappa shape index (κ3) is 12.7. The Morgan fingerprint density at radius 3 is 2.13 bits per heavy atom. The second-order valence-electron chi connectivity index (χ2n) is 13.1. The monoisotopic (exact) mass is 631 g/mol. The molecule has 256 valence electrons. The summed E-state index contributed by atoms with van der Waals surface area (Å²) in [6.07, 6.45) is 16.5. The van der Waals surface area contributed by atoms with Crippen LogP contribution in [0.2, 0.25) is 0 Å². The summed E-state index contributed by atoms with van der Waals surface area (Å²) in [6.45, 7) is 19.2. The van der Waals surface area contributed by atoms with Crippen molar-refractivity contribution in [3.05, 3.63) is 90.3 Å². The van der Waals surface area contributed by atoms with Gasteiger partial charge in [0.2, 0.25) is 0 Å². The van der Waals surface area contributed by atoms with Crippen LogP contribution in [0.5, 0.6) is 0 Å². The summed E-state index contributed by atoms with van der Waals surface area (Å²) in [5.74, 6) is 1.36. The van der Waals surface area contributed by atoms with Gasteiger partial charge >= 0.3 is 5.97 Å². The fourth-order valence-electron chi connectivity index (χ4n) is 7.08. The first-order valence-corrected chi connectivity index (χ1v) is 18.6. The van der Waals surface area contributed by atoms with Gasteiger partial charge in [-0.05, 0) is 85.4 Å². The lowest BCUT2D eigenvalue weighted by atomic mass is 9.83. The molecule has 2 fully saturated rings. The van der Waals surface area contributed by atoms with Gasteiger partial charge in [0.15, 0.2) is 0 Å². The molecule has 1 saturated carbocycles. The molecule has 2 aliphatic rings. The number of nitrogens with zero attached hydrogens (tertiary/aromatic N) is 1. The molecule has 4 atom stereocenters. The molecular formula is C42H66N2O2. The summed E-state index contributed by atoms with van der Waals surface area (Å²) in [4.78, 5) is 14.0. The fraction of sp³-hybridized carbons (Fsp3) is 0.595. The SMILES string of the molecule is C=C(N/C=C(/c1ccccc1)C(C)CC)C(CCC)CCCC.CC.O=C(O)C(C1CCCCC1)N1CC[C@@H](c2ccccc2)C1. The molecule has 0 amide bonds. The van der Waals surface area contributed by atoms with E-state index in [1.54, 1.807) is 0 Å². The Hall–Kier alpha value is -2.85. The molecule has 2 aromatic carbocycles. The molecule has 2 aromatic rings. The number of carboxylic acid groups (broad SMARTS) is 1. The Bertz CT molecular complexity index is 1120. The molecule has 0 bridgehead atoms. The van der Waals surface area contributed by atoms with Gasteiger partial charge in [-0.25, -0.2) is 0 Å². The number of hydrogen-bond donors (Lipinski definition) is 2. The number of rotatable bonds is 15. The highest BCUT2D eigenvalue weighted by Crippen LogP contribution is 2.35. The van der Waals surface area contributed by atoms with Gasteiger partial charge in [-0.2, -0.15) is 0 Å². The largest absolute Gasteiger partial charge is 0.480 e. The van der Waals surface area contributed by atoms with Gasteiger partial charge in [0.05, 0.1) is 0 Å². The van der Waals surface area contributed by atoms with Crippen LogP contribution < -0.4 is 5.32 Å². The van der Waals surface area contributed by atoms with Crippen LogP contribution >= 0.6 is 0 Å². The van der Waals surface area contributed by atoms with Crippen molar-refractivity contribution in [2.24, 2.45) is 17.8 Å².